The fourth-order valence-electron chi connectivity index (χ4n) is 2.83. The predicted octanol–water partition coefficient (Wildman–Crippen LogP) is 1.74. The highest BCUT2D eigenvalue weighted by molar-refractivity contribution is 5.97. The van der Waals surface area contributed by atoms with Crippen molar-refractivity contribution in [3.05, 3.63) is 12.7 Å². The Morgan fingerprint density at radius 2 is 1.70 bits per heavy atom. The summed E-state index contributed by atoms with van der Waals surface area (Å²) in [4.78, 5) is 34.0. The topological polar surface area (TPSA) is 121 Å². The van der Waals surface area contributed by atoms with Crippen molar-refractivity contribution in [3.8, 4) is 0 Å². The molecule has 0 bridgehead atoms. The zero-order valence-corrected chi connectivity index (χ0v) is 13.1. The van der Waals surface area contributed by atoms with Crippen LogP contribution < -0.4 is 0 Å². The maximum atomic E-state index is 11.7. The van der Waals surface area contributed by atoms with Gasteiger partial charge in [-0.3, -0.25) is 4.79 Å². The van der Waals surface area contributed by atoms with Crippen LogP contribution in [0, 0.1) is 5.92 Å². The predicted molar refractivity (Wildman–Crippen MR) is 80.7 cm³/mol. The van der Waals surface area contributed by atoms with Crippen LogP contribution in [-0.4, -0.2) is 44.9 Å². The highest BCUT2D eigenvalue weighted by Crippen LogP contribution is 2.36. The smallest absolute Gasteiger partial charge is 0.348 e. The van der Waals surface area contributed by atoms with E-state index in [1.54, 1.807) is 0 Å². The Labute approximate surface area is 134 Å². The van der Waals surface area contributed by atoms with E-state index in [1.165, 1.54) is 0 Å². The van der Waals surface area contributed by atoms with Crippen LogP contribution in [-0.2, 0) is 19.1 Å². The largest absolute Gasteiger partial charge is 0.479 e. The minimum atomic E-state index is -2.70. The monoisotopic (exact) mass is 328 g/mol. The van der Waals surface area contributed by atoms with Crippen molar-refractivity contribution in [2.45, 2.75) is 63.1 Å². The Kier molecular flexibility index (Phi) is 7.22. The molecule has 1 aliphatic rings. The van der Waals surface area contributed by atoms with Crippen molar-refractivity contribution >= 4 is 17.9 Å². The van der Waals surface area contributed by atoms with Gasteiger partial charge in [0.15, 0.2) is 0 Å². The van der Waals surface area contributed by atoms with Gasteiger partial charge < -0.3 is 20.1 Å². The van der Waals surface area contributed by atoms with Crippen LogP contribution in [0.3, 0.4) is 0 Å². The van der Waals surface area contributed by atoms with Crippen LogP contribution in [0.15, 0.2) is 12.7 Å². The van der Waals surface area contributed by atoms with Gasteiger partial charge in [0.2, 0.25) is 11.7 Å². The molecule has 0 aromatic carbocycles. The van der Waals surface area contributed by atoms with E-state index in [1.807, 2.05) is 6.08 Å². The van der Waals surface area contributed by atoms with Crippen LogP contribution in [0.5, 0.6) is 0 Å². The van der Waals surface area contributed by atoms with Crippen molar-refractivity contribution in [1.82, 2.24) is 0 Å². The second-order valence-corrected chi connectivity index (χ2v) is 5.83. The lowest BCUT2D eigenvalue weighted by atomic mass is 9.82. The fourth-order valence-corrected chi connectivity index (χ4v) is 2.83. The SMILES string of the molecule is C=CCCCCCCCC[C@@H]1C(=O)O[C@@H](C(=O)O)[C@@]1(O)C(=O)O. The second kappa shape index (κ2) is 8.67. The Hall–Kier alpha value is -1.89. The number of carbonyl (C=O) groups excluding carboxylic acids is 1. The molecule has 7 heteroatoms. The molecule has 1 fully saturated rings. The first-order valence-corrected chi connectivity index (χ1v) is 7.85. The maximum absolute atomic E-state index is 11.7. The summed E-state index contributed by atoms with van der Waals surface area (Å²) in [6.45, 7) is 3.65. The lowest BCUT2D eigenvalue weighted by Gasteiger charge is -2.24. The molecule has 7 nitrogen and oxygen atoms in total. The van der Waals surface area contributed by atoms with E-state index < -0.39 is 35.5 Å². The minimum absolute atomic E-state index is 0.0953. The molecule has 0 aromatic heterocycles. The molecule has 3 N–H and O–H groups in total. The van der Waals surface area contributed by atoms with E-state index >= 15 is 0 Å². The molecule has 0 radical (unpaired) electrons. The van der Waals surface area contributed by atoms with Crippen molar-refractivity contribution in [3.63, 3.8) is 0 Å². The van der Waals surface area contributed by atoms with Gasteiger partial charge in [-0.15, -0.1) is 6.58 Å². The quantitative estimate of drug-likeness (QED) is 0.300. The minimum Gasteiger partial charge on any atom is -0.479 e. The first-order valence-electron chi connectivity index (χ1n) is 7.85. The van der Waals surface area contributed by atoms with Crippen LogP contribution in [0.25, 0.3) is 0 Å². The molecule has 1 heterocycles. The van der Waals surface area contributed by atoms with Crippen LogP contribution >= 0.6 is 0 Å². The van der Waals surface area contributed by atoms with Crippen LogP contribution in [0.2, 0.25) is 0 Å². The number of hydrogen-bond acceptors (Lipinski definition) is 5. The van der Waals surface area contributed by atoms with Gasteiger partial charge in [-0.25, -0.2) is 9.59 Å². The summed E-state index contributed by atoms with van der Waals surface area (Å²) in [5.74, 6) is -5.71. The number of allylic oxidation sites excluding steroid dienone is 1. The third-order valence-corrected chi connectivity index (χ3v) is 4.17. The van der Waals surface area contributed by atoms with Gasteiger partial charge in [0.05, 0.1) is 0 Å². The third kappa shape index (κ3) is 4.54. The van der Waals surface area contributed by atoms with E-state index in [4.69, 9.17) is 10.2 Å². The number of cyclic esters (lactones) is 1. The molecule has 0 unspecified atom stereocenters. The molecular weight excluding hydrogens is 304 g/mol. The highest BCUT2D eigenvalue weighted by atomic mass is 16.6. The molecule has 0 spiro atoms. The first kappa shape index (κ1) is 19.2. The van der Waals surface area contributed by atoms with E-state index in [0.717, 1.165) is 38.5 Å². The Balaban J connectivity index is 2.48. The molecule has 130 valence electrons. The van der Waals surface area contributed by atoms with Crippen molar-refractivity contribution < 1.29 is 34.4 Å². The Morgan fingerprint density at radius 1 is 1.13 bits per heavy atom. The Morgan fingerprint density at radius 3 is 2.22 bits per heavy atom. The number of esters is 1. The van der Waals surface area contributed by atoms with Gasteiger partial charge >= 0.3 is 17.9 Å². The summed E-state index contributed by atoms with van der Waals surface area (Å²) in [5, 5.41) is 28.3. The zero-order chi connectivity index (χ0) is 17.5. The summed E-state index contributed by atoms with van der Waals surface area (Å²) in [5.41, 5.74) is -2.70. The number of carboxylic acids is 2. The van der Waals surface area contributed by atoms with Gasteiger partial charge in [-0.1, -0.05) is 38.2 Å². The molecule has 0 saturated carbocycles. The highest BCUT2D eigenvalue weighted by Gasteiger charge is 2.64. The number of aliphatic carboxylic acids is 2. The maximum Gasteiger partial charge on any atom is 0.348 e. The lowest BCUT2D eigenvalue weighted by molar-refractivity contribution is -0.179. The number of carboxylic acid groups (broad SMARTS) is 2. The van der Waals surface area contributed by atoms with Crippen LogP contribution in [0.1, 0.15) is 51.4 Å². The second-order valence-electron chi connectivity index (χ2n) is 5.83. The number of aliphatic hydroxyl groups is 1. The van der Waals surface area contributed by atoms with E-state index in [9.17, 15) is 19.5 Å². The van der Waals surface area contributed by atoms with Gasteiger partial charge in [0, 0.05) is 0 Å². The molecule has 0 aliphatic carbocycles. The van der Waals surface area contributed by atoms with Gasteiger partial charge in [-0.05, 0) is 19.3 Å². The summed E-state index contributed by atoms with van der Waals surface area (Å²) in [6, 6.07) is 0. The number of rotatable bonds is 11. The molecule has 1 rings (SSSR count). The summed E-state index contributed by atoms with van der Waals surface area (Å²) in [7, 11) is 0. The first-order chi connectivity index (χ1) is 10.9. The summed E-state index contributed by atoms with van der Waals surface area (Å²) in [6.07, 6.45) is 6.34. The van der Waals surface area contributed by atoms with Gasteiger partial charge in [0.1, 0.15) is 5.92 Å². The molecular formula is C16H24O7. The lowest BCUT2D eigenvalue weighted by Crippen LogP contribution is -2.54. The number of hydrogen-bond donors (Lipinski definition) is 3. The Bertz CT molecular complexity index is 459. The average molecular weight is 328 g/mol. The number of ether oxygens (including phenoxy) is 1. The molecule has 3 atom stereocenters. The van der Waals surface area contributed by atoms with E-state index in [0.29, 0.717) is 6.42 Å². The van der Waals surface area contributed by atoms with Crippen LogP contribution in [0.4, 0.5) is 0 Å². The van der Waals surface area contributed by atoms with Gasteiger partial charge in [0.25, 0.3) is 0 Å². The molecule has 23 heavy (non-hydrogen) atoms. The van der Waals surface area contributed by atoms with Gasteiger partial charge in [-0.2, -0.15) is 0 Å². The van der Waals surface area contributed by atoms with E-state index in [2.05, 4.69) is 11.3 Å². The third-order valence-electron chi connectivity index (χ3n) is 4.17. The number of unbranched alkanes of at least 4 members (excludes halogenated alkanes) is 6. The summed E-state index contributed by atoms with van der Waals surface area (Å²) >= 11 is 0. The van der Waals surface area contributed by atoms with E-state index in [-0.39, 0.29) is 6.42 Å². The van der Waals surface area contributed by atoms with Crippen molar-refractivity contribution in [2.75, 3.05) is 0 Å². The average Bonchev–Trinajstić information content (AvgIpc) is 2.75. The molecule has 1 saturated heterocycles. The van der Waals surface area contributed by atoms with Crippen molar-refractivity contribution in [2.24, 2.45) is 5.92 Å². The molecule has 1 aliphatic heterocycles. The standard InChI is InChI=1S/C16H24O7/c1-2-3-4-5-6-7-8-9-10-11-14(19)23-12(13(17)18)16(11,22)15(20)21/h2,11-12,22H,1,3-10H2,(H,17,18)(H,20,21)/t11-,12+,16-/m1/s1. The normalized spacial score (nSPS) is 26.7. The molecule has 0 aromatic rings. The number of carbonyl (C=O) groups is 3. The summed E-state index contributed by atoms with van der Waals surface area (Å²) < 4.78 is 4.56. The fraction of sp³-hybridized carbons (Fsp3) is 0.688. The van der Waals surface area contributed by atoms with Crippen molar-refractivity contribution in [1.29, 1.82) is 0 Å². The zero-order valence-electron chi connectivity index (χ0n) is 13.1. The molecule has 0 amide bonds.